The zero-order chi connectivity index (χ0) is 35.3. The highest BCUT2D eigenvalue weighted by atomic mass is 31.1. The summed E-state index contributed by atoms with van der Waals surface area (Å²) in [4.78, 5) is 65.5. The fraction of sp³-hybridized carbons (Fsp3) is 0.588. The van der Waals surface area contributed by atoms with Gasteiger partial charge in [0.2, 0.25) is 12.3 Å². The van der Waals surface area contributed by atoms with Gasteiger partial charge in [0.1, 0.15) is 17.3 Å². The van der Waals surface area contributed by atoms with Crippen LogP contribution in [0.15, 0.2) is 34.7 Å². The summed E-state index contributed by atoms with van der Waals surface area (Å²) in [6, 6.07) is 6.93. The molecule has 3 N–H and O–H groups in total. The number of nitrogens with one attached hydrogen (secondary N) is 2. The second-order valence-electron chi connectivity index (χ2n) is 11.4. The Kier molecular flexibility index (Phi) is 19.1. The van der Waals surface area contributed by atoms with Crippen LogP contribution in [0.1, 0.15) is 115 Å². The molecule has 0 aliphatic heterocycles. The Balaban J connectivity index is 2.04. The first-order chi connectivity index (χ1) is 23.2. The van der Waals surface area contributed by atoms with E-state index in [1.165, 1.54) is 18.2 Å². The van der Waals surface area contributed by atoms with E-state index in [9.17, 15) is 28.6 Å². The van der Waals surface area contributed by atoms with Crippen molar-refractivity contribution in [3.63, 3.8) is 0 Å². The smallest absolute Gasteiger partial charge is 0.365 e. The maximum Gasteiger partial charge on any atom is 0.365 e. The van der Waals surface area contributed by atoms with Crippen LogP contribution in [-0.2, 0) is 23.8 Å². The van der Waals surface area contributed by atoms with Crippen molar-refractivity contribution in [3.05, 3.63) is 36.1 Å². The van der Waals surface area contributed by atoms with Gasteiger partial charge in [-0.1, -0.05) is 72.1 Å². The molecule has 0 aliphatic rings. The standard InChI is InChI=1S/C34H52N3O10P/c1-5-9-11-12-13-15-17-32(39)46-37(24-38)29(7-3)28(16-14-10-6-2)33(40)35-23-36-34(41)31-19-18-30(45-31)25-20-26(44-8-4)22-27(21-25)47-48(42)43/h18-22,24,28-29,48H,5-17,23H2,1-4H3,(H,35,40)(H,36,41)(H,42,43). The van der Waals surface area contributed by atoms with E-state index < -0.39 is 32.1 Å². The molecule has 0 spiro atoms. The highest BCUT2D eigenvalue weighted by Crippen LogP contribution is 2.34. The quantitative estimate of drug-likeness (QED) is 0.0340. The minimum atomic E-state index is -3.26. The minimum Gasteiger partial charge on any atom is -0.494 e. The van der Waals surface area contributed by atoms with Gasteiger partial charge in [-0.25, -0.2) is 9.36 Å². The Morgan fingerprint density at radius 2 is 1.62 bits per heavy atom. The molecule has 0 fully saturated rings. The van der Waals surface area contributed by atoms with E-state index in [1.807, 2.05) is 13.8 Å². The normalized spacial score (nSPS) is 12.8. The number of hydrogen-bond acceptors (Lipinski definition) is 9. The molecule has 0 radical (unpaired) electrons. The van der Waals surface area contributed by atoms with Gasteiger partial charge in [-0.05, 0) is 50.5 Å². The summed E-state index contributed by atoms with van der Waals surface area (Å²) in [5.41, 5.74) is 0.458. The van der Waals surface area contributed by atoms with E-state index in [0.717, 1.165) is 56.4 Å². The summed E-state index contributed by atoms with van der Waals surface area (Å²) in [6.07, 6.45) is 10.1. The summed E-state index contributed by atoms with van der Waals surface area (Å²) in [5.74, 6) is -1.42. The van der Waals surface area contributed by atoms with Gasteiger partial charge in [0.25, 0.3) is 5.91 Å². The van der Waals surface area contributed by atoms with Crippen LogP contribution < -0.4 is 19.9 Å². The number of hydrogen-bond donors (Lipinski definition) is 3. The molecule has 48 heavy (non-hydrogen) atoms. The minimum absolute atomic E-state index is 0.0328. The summed E-state index contributed by atoms with van der Waals surface area (Å²) in [7, 11) is -3.26. The molecule has 0 saturated heterocycles. The van der Waals surface area contributed by atoms with Crippen LogP contribution in [0.25, 0.3) is 11.3 Å². The molecule has 1 heterocycles. The number of amides is 3. The monoisotopic (exact) mass is 693 g/mol. The Morgan fingerprint density at radius 3 is 2.29 bits per heavy atom. The predicted molar refractivity (Wildman–Crippen MR) is 181 cm³/mol. The van der Waals surface area contributed by atoms with Crippen LogP contribution in [0.3, 0.4) is 0 Å². The topological polar surface area (TPSA) is 174 Å². The van der Waals surface area contributed by atoms with Crippen molar-refractivity contribution in [2.45, 2.75) is 111 Å². The van der Waals surface area contributed by atoms with E-state index in [2.05, 4.69) is 17.6 Å². The lowest BCUT2D eigenvalue weighted by Gasteiger charge is -2.31. The van der Waals surface area contributed by atoms with Crippen LogP contribution in [0, 0.1) is 5.92 Å². The molecule has 14 heteroatoms. The zero-order valence-corrected chi connectivity index (χ0v) is 29.6. The summed E-state index contributed by atoms with van der Waals surface area (Å²) < 4.78 is 27.4. The van der Waals surface area contributed by atoms with Crippen molar-refractivity contribution in [1.82, 2.24) is 15.7 Å². The fourth-order valence-corrected chi connectivity index (χ4v) is 5.62. The molecule has 268 valence electrons. The van der Waals surface area contributed by atoms with Gasteiger partial charge in [-0.2, -0.15) is 5.06 Å². The van der Waals surface area contributed by atoms with Crippen LogP contribution >= 0.6 is 8.25 Å². The third kappa shape index (κ3) is 14.1. The van der Waals surface area contributed by atoms with Crippen molar-refractivity contribution in [2.75, 3.05) is 13.3 Å². The molecular formula is C34H52N3O10P. The maximum atomic E-state index is 13.4. The first-order valence-electron chi connectivity index (χ1n) is 17.0. The Hall–Kier alpha value is -3.83. The van der Waals surface area contributed by atoms with Gasteiger partial charge in [0.05, 0.1) is 25.2 Å². The van der Waals surface area contributed by atoms with Gasteiger partial charge in [0.15, 0.2) is 5.76 Å². The van der Waals surface area contributed by atoms with E-state index >= 15 is 0 Å². The van der Waals surface area contributed by atoms with Gasteiger partial charge in [-0.3, -0.25) is 14.4 Å². The highest BCUT2D eigenvalue weighted by Gasteiger charge is 2.33. The lowest BCUT2D eigenvalue weighted by atomic mass is 9.90. The number of unbranched alkanes of at least 4 members (excludes halogenated alkanes) is 7. The van der Waals surface area contributed by atoms with E-state index in [1.54, 1.807) is 19.1 Å². The fourth-order valence-electron chi connectivity index (χ4n) is 5.30. The molecule has 13 nitrogen and oxygen atoms in total. The van der Waals surface area contributed by atoms with Crippen molar-refractivity contribution in [1.29, 1.82) is 0 Å². The molecule has 1 aromatic heterocycles. The van der Waals surface area contributed by atoms with Gasteiger partial charge in [0, 0.05) is 18.1 Å². The molecule has 0 saturated carbocycles. The van der Waals surface area contributed by atoms with Crippen molar-refractivity contribution >= 4 is 32.4 Å². The van der Waals surface area contributed by atoms with E-state index in [4.69, 9.17) is 18.5 Å². The Morgan fingerprint density at radius 1 is 0.938 bits per heavy atom. The van der Waals surface area contributed by atoms with Gasteiger partial charge >= 0.3 is 14.2 Å². The number of ether oxygens (including phenoxy) is 1. The largest absolute Gasteiger partial charge is 0.494 e. The first-order valence-corrected chi connectivity index (χ1v) is 18.2. The summed E-state index contributed by atoms with van der Waals surface area (Å²) >= 11 is 0. The zero-order valence-electron chi connectivity index (χ0n) is 28.6. The summed E-state index contributed by atoms with van der Waals surface area (Å²) in [5, 5.41) is 6.30. The third-order valence-corrected chi connectivity index (χ3v) is 8.14. The summed E-state index contributed by atoms with van der Waals surface area (Å²) in [6.45, 7) is 7.94. The predicted octanol–water partition coefficient (Wildman–Crippen LogP) is 6.55. The Labute approximate surface area is 284 Å². The van der Waals surface area contributed by atoms with Crippen molar-refractivity contribution in [2.24, 2.45) is 5.92 Å². The third-order valence-electron chi connectivity index (χ3n) is 7.73. The molecule has 3 amide bonds. The van der Waals surface area contributed by atoms with Crippen molar-refractivity contribution in [3.8, 4) is 22.8 Å². The maximum absolute atomic E-state index is 13.4. The molecule has 2 rings (SSSR count). The number of rotatable bonds is 25. The molecule has 3 atom stereocenters. The molecule has 0 aliphatic carbocycles. The number of hydroxylamine groups is 2. The SMILES string of the molecule is CCCCCCCCC(=O)ON(C=O)C(CC)C(CCCCC)C(=O)NCNC(=O)c1ccc(-c2cc(OCC)cc(O[PH](=O)O)c2)o1. The molecular weight excluding hydrogens is 641 g/mol. The van der Waals surface area contributed by atoms with Crippen LogP contribution in [-0.4, -0.2) is 53.5 Å². The lowest BCUT2D eigenvalue weighted by molar-refractivity contribution is -0.204. The number of furan rings is 1. The lowest BCUT2D eigenvalue weighted by Crippen LogP contribution is -2.49. The van der Waals surface area contributed by atoms with Crippen LogP contribution in [0.4, 0.5) is 0 Å². The van der Waals surface area contributed by atoms with Gasteiger partial charge < -0.3 is 34.0 Å². The molecule has 1 aromatic carbocycles. The number of carbonyl (C=O) groups excluding carboxylic acids is 4. The van der Waals surface area contributed by atoms with Crippen LogP contribution in [0.2, 0.25) is 0 Å². The first kappa shape index (κ1) is 40.3. The molecule has 0 bridgehead atoms. The molecule has 3 unspecified atom stereocenters. The second kappa shape index (κ2) is 22.7. The average Bonchev–Trinajstić information content (AvgIpc) is 3.56. The molecule has 2 aromatic rings. The van der Waals surface area contributed by atoms with Gasteiger partial charge in [-0.15, -0.1) is 0 Å². The number of benzene rings is 1. The van der Waals surface area contributed by atoms with E-state index in [0.29, 0.717) is 43.6 Å². The second-order valence-corrected chi connectivity index (χ2v) is 12.1. The Bertz CT molecular complexity index is 1320. The van der Waals surface area contributed by atoms with E-state index in [-0.39, 0.29) is 36.3 Å². The number of carbonyl (C=O) groups is 4. The van der Waals surface area contributed by atoms with Crippen molar-refractivity contribution < 1.29 is 47.2 Å². The highest BCUT2D eigenvalue weighted by molar-refractivity contribution is 7.32. The van der Waals surface area contributed by atoms with Crippen LogP contribution in [0.5, 0.6) is 11.5 Å². The average molecular weight is 694 g/mol. The number of nitrogens with zero attached hydrogens (tertiary/aromatic N) is 1.